The van der Waals surface area contributed by atoms with Crippen LogP contribution in [0.1, 0.15) is 34.6 Å². The number of carbonyl (C=O) groups excluding carboxylic acids is 1. The maximum absolute atomic E-state index is 11.8. The number of carboxylic acid groups (broad SMARTS) is 1. The summed E-state index contributed by atoms with van der Waals surface area (Å²) in [7, 11) is 0. The molecule has 2 atom stereocenters. The minimum Gasteiger partial charge on any atom is -0.481 e. The molecule has 1 aliphatic carbocycles. The third-order valence-corrected chi connectivity index (χ3v) is 4.25. The Labute approximate surface area is 113 Å². The van der Waals surface area contributed by atoms with Gasteiger partial charge in [-0.3, -0.25) is 4.79 Å². The largest absolute Gasteiger partial charge is 0.481 e. The normalized spacial score (nSPS) is 29.6. The highest BCUT2D eigenvalue weighted by Crippen LogP contribution is 2.63. The predicted molar refractivity (Wildman–Crippen MR) is 69.7 cm³/mol. The molecule has 0 aromatic carbocycles. The minimum atomic E-state index is -0.717. The number of nitrogens with zero attached hydrogens (tertiary/aromatic N) is 1. The number of hydrogen-bond donors (Lipinski definition) is 1. The molecule has 0 unspecified atom stereocenters. The second-order valence-corrected chi connectivity index (χ2v) is 7.31. The Balaban J connectivity index is 1.85. The molecule has 0 radical (unpaired) electrons. The van der Waals surface area contributed by atoms with Gasteiger partial charge in [-0.15, -0.1) is 0 Å². The molecule has 2 aliphatic rings. The van der Waals surface area contributed by atoms with Gasteiger partial charge in [0.1, 0.15) is 5.60 Å². The van der Waals surface area contributed by atoms with E-state index in [0.717, 1.165) is 0 Å². The summed E-state index contributed by atoms with van der Waals surface area (Å²) in [6.45, 7) is 10.7. The van der Waals surface area contributed by atoms with E-state index in [4.69, 9.17) is 9.84 Å². The van der Waals surface area contributed by atoms with Gasteiger partial charge in [-0.05, 0) is 38.0 Å². The molecule has 0 aromatic heterocycles. The van der Waals surface area contributed by atoms with Gasteiger partial charge in [-0.25, -0.2) is 4.79 Å². The first-order valence-electron chi connectivity index (χ1n) is 6.75. The van der Waals surface area contributed by atoms with Gasteiger partial charge in [0.25, 0.3) is 0 Å². The van der Waals surface area contributed by atoms with E-state index in [1.165, 1.54) is 0 Å². The highest BCUT2D eigenvalue weighted by atomic mass is 16.6. The van der Waals surface area contributed by atoms with Crippen molar-refractivity contribution < 1.29 is 19.4 Å². The van der Waals surface area contributed by atoms with Crippen LogP contribution >= 0.6 is 0 Å². The van der Waals surface area contributed by atoms with Crippen LogP contribution in [-0.4, -0.2) is 40.8 Å². The predicted octanol–water partition coefficient (Wildman–Crippen LogP) is 2.21. The van der Waals surface area contributed by atoms with Crippen LogP contribution in [0, 0.1) is 23.2 Å². The lowest BCUT2D eigenvalue weighted by Crippen LogP contribution is -2.52. The maximum Gasteiger partial charge on any atom is 0.410 e. The second kappa shape index (κ2) is 4.12. The first kappa shape index (κ1) is 14.2. The average Bonchev–Trinajstić information content (AvgIpc) is 2.62. The second-order valence-electron chi connectivity index (χ2n) is 7.31. The molecule has 1 heterocycles. The van der Waals surface area contributed by atoms with Gasteiger partial charge in [0.15, 0.2) is 0 Å². The number of carboxylic acids is 1. The number of rotatable bonds is 2. The number of aliphatic carboxylic acids is 1. The third kappa shape index (κ3) is 2.55. The topological polar surface area (TPSA) is 66.8 Å². The van der Waals surface area contributed by atoms with Gasteiger partial charge in [0.05, 0.1) is 5.92 Å². The summed E-state index contributed by atoms with van der Waals surface area (Å²) in [5.74, 6) is -0.503. The Morgan fingerprint density at radius 2 is 1.79 bits per heavy atom. The van der Waals surface area contributed by atoms with Crippen molar-refractivity contribution in [1.29, 1.82) is 0 Å². The molecular weight excluding hydrogens is 246 g/mol. The van der Waals surface area contributed by atoms with Crippen LogP contribution in [0.15, 0.2) is 0 Å². The number of likely N-dealkylation sites (tertiary alicyclic amines) is 1. The summed E-state index contributed by atoms with van der Waals surface area (Å²) in [5.41, 5.74) is -0.624. The zero-order valence-corrected chi connectivity index (χ0v) is 12.3. The molecule has 108 valence electrons. The average molecular weight is 269 g/mol. The zero-order chi connectivity index (χ0) is 14.6. The number of ether oxygens (including phenoxy) is 1. The summed E-state index contributed by atoms with van der Waals surface area (Å²) < 4.78 is 5.29. The Morgan fingerprint density at radius 1 is 1.26 bits per heavy atom. The van der Waals surface area contributed by atoms with E-state index in [2.05, 4.69) is 0 Å². The lowest BCUT2D eigenvalue weighted by atomic mass is 9.90. The number of hydrogen-bond acceptors (Lipinski definition) is 3. The molecule has 5 nitrogen and oxygen atoms in total. The summed E-state index contributed by atoms with van der Waals surface area (Å²) >= 11 is 0. The first-order valence-corrected chi connectivity index (χ1v) is 6.75. The standard InChI is InChI=1S/C14H23NO4/c1-13(2,3)19-12(18)15-6-8(7-15)9-10(11(16)17)14(9,4)5/h8-10H,6-7H2,1-5H3,(H,16,17)/t9-,10+/m0/s1. The molecule has 2 fully saturated rings. The highest BCUT2D eigenvalue weighted by molar-refractivity contribution is 5.76. The van der Waals surface area contributed by atoms with Gasteiger partial charge >= 0.3 is 12.1 Å². The van der Waals surface area contributed by atoms with E-state index in [9.17, 15) is 9.59 Å². The van der Waals surface area contributed by atoms with Crippen molar-refractivity contribution in [3.05, 3.63) is 0 Å². The number of carbonyl (C=O) groups is 2. The van der Waals surface area contributed by atoms with E-state index < -0.39 is 11.6 Å². The molecule has 1 N–H and O–H groups in total. The molecule has 5 heteroatoms. The Bertz CT molecular complexity index is 404. The smallest absolute Gasteiger partial charge is 0.410 e. The lowest BCUT2D eigenvalue weighted by molar-refractivity contribution is -0.139. The maximum atomic E-state index is 11.8. The van der Waals surface area contributed by atoms with Gasteiger partial charge < -0.3 is 14.7 Å². The van der Waals surface area contributed by atoms with Crippen LogP contribution in [0.25, 0.3) is 0 Å². The Hall–Kier alpha value is -1.26. The van der Waals surface area contributed by atoms with Crippen molar-refractivity contribution in [2.24, 2.45) is 23.2 Å². The van der Waals surface area contributed by atoms with Gasteiger partial charge in [-0.1, -0.05) is 13.8 Å². The van der Waals surface area contributed by atoms with E-state index in [0.29, 0.717) is 19.0 Å². The highest BCUT2D eigenvalue weighted by Gasteiger charge is 2.66. The summed E-state index contributed by atoms with van der Waals surface area (Å²) in [6, 6.07) is 0. The van der Waals surface area contributed by atoms with Crippen LogP contribution < -0.4 is 0 Å². The third-order valence-electron chi connectivity index (χ3n) is 4.25. The number of amides is 1. The van der Waals surface area contributed by atoms with Crippen molar-refractivity contribution in [3.63, 3.8) is 0 Å². The molecule has 19 heavy (non-hydrogen) atoms. The molecule has 0 spiro atoms. The van der Waals surface area contributed by atoms with Crippen molar-refractivity contribution in [2.75, 3.05) is 13.1 Å². The monoisotopic (exact) mass is 269 g/mol. The van der Waals surface area contributed by atoms with Crippen molar-refractivity contribution >= 4 is 12.1 Å². The van der Waals surface area contributed by atoms with Gasteiger partial charge in [0, 0.05) is 13.1 Å². The molecule has 1 saturated carbocycles. The van der Waals surface area contributed by atoms with E-state index in [-0.39, 0.29) is 23.3 Å². The van der Waals surface area contributed by atoms with Crippen molar-refractivity contribution in [1.82, 2.24) is 4.90 Å². The fraction of sp³-hybridized carbons (Fsp3) is 0.857. The molecule has 0 aromatic rings. The quantitative estimate of drug-likeness (QED) is 0.834. The molecule has 2 rings (SSSR count). The summed E-state index contributed by atoms with van der Waals surface area (Å²) in [4.78, 5) is 24.6. The first-order chi connectivity index (χ1) is 8.54. The van der Waals surface area contributed by atoms with Crippen LogP contribution in [-0.2, 0) is 9.53 Å². The zero-order valence-electron chi connectivity index (χ0n) is 12.3. The van der Waals surface area contributed by atoms with Gasteiger partial charge in [0.2, 0.25) is 0 Å². The fourth-order valence-corrected chi connectivity index (χ4v) is 3.24. The van der Waals surface area contributed by atoms with Crippen molar-refractivity contribution in [3.8, 4) is 0 Å². The van der Waals surface area contributed by atoms with E-state index >= 15 is 0 Å². The van der Waals surface area contributed by atoms with Crippen molar-refractivity contribution in [2.45, 2.75) is 40.2 Å². The molecule has 1 aliphatic heterocycles. The SMILES string of the molecule is CC(C)(C)OC(=O)N1CC([C@H]2[C@H](C(=O)O)C2(C)C)C1. The van der Waals surface area contributed by atoms with Crippen LogP contribution in [0.3, 0.4) is 0 Å². The molecule has 1 saturated heterocycles. The summed E-state index contributed by atoms with van der Waals surface area (Å²) in [6.07, 6.45) is -0.297. The summed E-state index contributed by atoms with van der Waals surface area (Å²) in [5, 5.41) is 9.15. The molecule has 0 bridgehead atoms. The van der Waals surface area contributed by atoms with Gasteiger partial charge in [-0.2, -0.15) is 0 Å². The van der Waals surface area contributed by atoms with E-state index in [1.807, 2.05) is 34.6 Å². The van der Waals surface area contributed by atoms with Crippen LogP contribution in [0.2, 0.25) is 0 Å². The Morgan fingerprint density at radius 3 is 2.16 bits per heavy atom. The fourth-order valence-electron chi connectivity index (χ4n) is 3.24. The molecular formula is C14H23NO4. The molecule has 1 amide bonds. The lowest BCUT2D eigenvalue weighted by Gasteiger charge is -2.40. The van der Waals surface area contributed by atoms with Crippen LogP contribution in [0.4, 0.5) is 4.79 Å². The van der Waals surface area contributed by atoms with Crippen LogP contribution in [0.5, 0.6) is 0 Å². The minimum absolute atomic E-state index is 0.142. The Kier molecular flexibility index (Phi) is 3.07. The van der Waals surface area contributed by atoms with E-state index in [1.54, 1.807) is 4.90 Å².